The van der Waals surface area contributed by atoms with Gasteiger partial charge in [0.1, 0.15) is 11.5 Å². The van der Waals surface area contributed by atoms with Crippen LogP contribution in [0, 0.1) is 5.92 Å². The van der Waals surface area contributed by atoms with Crippen molar-refractivity contribution in [2.45, 2.75) is 73.3 Å². The minimum atomic E-state index is -3.35. The molecule has 0 spiro atoms. The van der Waals surface area contributed by atoms with E-state index >= 15 is 0 Å². The summed E-state index contributed by atoms with van der Waals surface area (Å²) in [5.41, 5.74) is 1.74. The van der Waals surface area contributed by atoms with Crippen molar-refractivity contribution in [3.05, 3.63) is 47.4 Å². The predicted molar refractivity (Wildman–Crippen MR) is 137 cm³/mol. The molecule has 0 saturated heterocycles. The Labute approximate surface area is 217 Å². The van der Waals surface area contributed by atoms with Crippen molar-refractivity contribution in [2.24, 2.45) is 5.92 Å². The molecular weight excluding hydrogens is 492 g/mol. The lowest BCUT2D eigenvalue weighted by molar-refractivity contribution is -0.119. The van der Waals surface area contributed by atoms with E-state index in [0.717, 1.165) is 30.4 Å². The lowest BCUT2D eigenvalue weighted by Crippen LogP contribution is -2.25. The number of benzene rings is 1. The highest BCUT2D eigenvalue weighted by molar-refractivity contribution is 7.92. The number of nitrogens with one attached hydrogen (secondary N) is 1. The molecule has 196 valence electrons. The van der Waals surface area contributed by atoms with Crippen molar-refractivity contribution in [1.82, 2.24) is 14.9 Å². The van der Waals surface area contributed by atoms with Crippen LogP contribution in [0.25, 0.3) is 0 Å². The first-order chi connectivity index (χ1) is 17.6. The Bertz CT molecular complexity index is 1330. The van der Waals surface area contributed by atoms with Crippen molar-refractivity contribution < 1.29 is 22.8 Å². The van der Waals surface area contributed by atoms with E-state index in [0.29, 0.717) is 37.0 Å². The molecule has 5 rings (SSSR count). The molecule has 1 heterocycles. The molecule has 1 N–H and O–H groups in total. The average molecular weight is 525 g/mol. The number of sulfone groups is 1. The molecule has 0 bridgehead atoms. The molecule has 2 amide bonds. The highest BCUT2D eigenvalue weighted by atomic mass is 32.2. The second-order valence-corrected chi connectivity index (χ2v) is 12.9. The number of aromatic nitrogens is 2. The first kappa shape index (κ1) is 25.5. The third-order valence-corrected chi connectivity index (χ3v) is 9.82. The molecule has 0 radical (unpaired) electrons. The highest BCUT2D eigenvalue weighted by Gasteiger charge is 2.41. The van der Waals surface area contributed by atoms with Crippen molar-refractivity contribution in [3.63, 3.8) is 0 Å². The maximum Gasteiger partial charge on any atom is 0.273 e. The van der Waals surface area contributed by atoms with Gasteiger partial charge in [0.2, 0.25) is 5.91 Å². The topological polar surface area (TPSA) is 126 Å². The van der Waals surface area contributed by atoms with Crippen LogP contribution in [0.1, 0.15) is 84.8 Å². The number of carbonyl (C=O) groups is 3. The number of nitrogens with zero attached hydrogens (tertiary/aromatic N) is 3. The Hall–Kier alpha value is -3.14. The van der Waals surface area contributed by atoms with Crippen LogP contribution in [0.3, 0.4) is 0 Å². The van der Waals surface area contributed by atoms with Gasteiger partial charge < -0.3 is 10.2 Å². The van der Waals surface area contributed by atoms with Gasteiger partial charge in [-0.25, -0.2) is 18.4 Å². The maximum absolute atomic E-state index is 13.5. The van der Waals surface area contributed by atoms with Gasteiger partial charge in [0, 0.05) is 26.9 Å². The molecule has 3 aliphatic rings. The fourth-order valence-corrected chi connectivity index (χ4v) is 7.01. The van der Waals surface area contributed by atoms with E-state index in [1.165, 1.54) is 17.3 Å². The van der Waals surface area contributed by atoms with Crippen LogP contribution in [0.2, 0.25) is 0 Å². The Morgan fingerprint density at radius 1 is 1.08 bits per heavy atom. The van der Waals surface area contributed by atoms with Crippen LogP contribution >= 0.6 is 0 Å². The molecule has 3 fully saturated rings. The number of anilines is 1. The van der Waals surface area contributed by atoms with Crippen LogP contribution < -0.4 is 5.32 Å². The Kier molecular flexibility index (Phi) is 6.87. The number of hydrogen-bond acceptors (Lipinski definition) is 7. The van der Waals surface area contributed by atoms with Crippen molar-refractivity contribution in [2.75, 3.05) is 19.4 Å². The quantitative estimate of drug-likeness (QED) is 0.532. The summed E-state index contributed by atoms with van der Waals surface area (Å²) in [6.45, 7) is 0. The summed E-state index contributed by atoms with van der Waals surface area (Å²) in [5.74, 6) is -0.427. The van der Waals surface area contributed by atoms with Crippen molar-refractivity contribution in [1.29, 1.82) is 0 Å². The van der Waals surface area contributed by atoms with Crippen LogP contribution in [0.5, 0.6) is 0 Å². The first-order valence-electron chi connectivity index (χ1n) is 12.9. The summed E-state index contributed by atoms with van der Waals surface area (Å²) < 4.78 is 26.2. The van der Waals surface area contributed by atoms with Gasteiger partial charge in [-0.05, 0) is 67.6 Å². The van der Waals surface area contributed by atoms with Gasteiger partial charge in [0.25, 0.3) is 5.91 Å². The van der Waals surface area contributed by atoms with Gasteiger partial charge in [0.15, 0.2) is 15.7 Å². The number of hydrogen-bond donors (Lipinski definition) is 1. The van der Waals surface area contributed by atoms with E-state index in [1.807, 2.05) is 6.07 Å². The van der Waals surface area contributed by atoms with E-state index in [2.05, 4.69) is 15.3 Å². The van der Waals surface area contributed by atoms with Gasteiger partial charge in [-0.2, -0.15) is 0 Å². The number of Topliss-reactive ketones (excluding diaryl/α,β-unsaturated/α-hetero) is 1. The summed E-state index contributed by atoms with van der Waals surface area (Å²) in [7, 11) is -0.114. The summed E-state index contributed by atoms with van der Waals surface area (Å²) in [5, 5.41) is 2.53. The van der Waals surface area contributed by atoms with Crippen molar-refractivity contribution in [3.8, 4) is 0 Å². The zero-order chi connectivity index (χ0) is 26.3. The third kappa shape index (κ3) is 5.58. The van der Waals surface area contributed by atoms with Crippen LogP contribution in [-0.2, 0) is 19.4 Å². The second-order valence-electron chi connectivity index (χ2n) is 10.7. The van der Waals surface area contributed by atoms with E-state index in [-0.39, 0.29) is 46.2 Å². The largest absolute Gasteiger partial charge is 0.343 e. The third-order valence-electron chi connectivity index (χ3n) is 7.48. The van der Waals surface area contributed by atoms with Gasteiger partial charge in [-0.3, -0.25) is 14.4 Å². The lowest BCUT2D eigenvalue weighted by Gasteiger charge is -2.22. The smallest absolute Gasteiger partial charge is 0.273 e. The number of amides is 2. The second kappa shape index (κ2) is 9.96. The molecule has 2 aromatic rings. The molecule has 0 aliphatic heterocycles. The highest BCUT2D eigenvalue weighted by Crippen LogP contribution is 2.47. The summed E-state index contributed by atoms with van der Waals surface area (Å²) in [4.78, 5) is 47.7. The summed E-state index contributed by atoms with van der Waals surface area (Å²) >= 11 is 0. The molecule has 10 heteroatoms. The van der Waals surface area contributed by atoms with Gasteiger partial charge >= 0.3 is 0 Å². The van der Waals surface area contributed by atoms with Crippen molar-refractivity contribution >= 4 is 33.3 Å². The summed E-state index contributed by atoms with van der Waals surface area (Å²) in [6.07, 6.45) is 8.18. The maximum atomic E-state index is 13.5. The molecule has 9 nitrogen and oxygen atoms in total. The van der Waals surface area contributed by atoms with Crippen LogP contribution in [-0.4, -0.2) is 60.2 Å². The minimum Gasteiger partial charge on any atom is -0.343 e. The lowest BCUT2D eigenvalue weighted by atomic mass is 9.86. The van der Waals surface area contributed by atoms with E-state index in [9.17, 15) is 22.8 Å². The monoisotopic (exact) mass is 524 g/mol. The Morgan fingerprint density at radius 2 is 1.84 bits per heavy atom. The minimum absolute atomic E-state index is 0.0914. The molecule has 2 atom stereocenters. The normalized spacial score (nSPS) is 20.5. The fraction of sp³-hybridized carbons (Fsp3) is 0.519. The summed E-state index contributed by atoms with van der Waals surface area (Å²) in [6, 6.07) is 5.34. The zero-order valence-corrected chi connectivity index (χ0v) is 22.0. The van der Waals surface area contributed by atoms with E-state index < -0.39 is 15.8 Å². The van der Waals surface area contributed by atoms with E-state index in [4.69, 9.17) is 0 Å². The van der Waals surface area contributed by atoms with Crippen LogP contribution in [0.4, 0.5) is 5.82 Å². The van der Waals surface area contributed by atoms with Gasteiger partial charge in [0.05, 0.1) is 28.5 Å². The fourth-order valence-electron chi connectivity index (χ4n) is 5.08. The van der Waals surface area contributed by atoms with Gasteiger partial charge in [-0.1, -0.05) is 12.1 Å². The zero-order valence-electron chi connectivity index (χ0n) is 21.1. The number of ketones is 1. The molecule has 3 saturated carbocycles. The molecule has 1 aromatic carbocycles. The molecule has 3 aliphatic carbocycles. The van der Waals surface area contributed by atoms with Gasteiger partial charge in [-0.15, -0.1) is 0 Å². The number of rotatable bonds is 9. The predicted octanol–water partition coefficient (Wildman–Crippen LogP) is 3.47. The average Bonchev–Trinajstić information content (AvgIpc) is 3.79. The van der Waals surface area contributed by atoms with Crippen LogP contribution in [0.15, 0.2) is 35.5 Å². The molecule has 0 unspecified atom stereocenters. The Morgan fingerprint density at radius 3 is 2.41 bits per heavy atom. The molecule has 37 heavy (non-hydrogen) atoms. The van der Waals surface area contributed by atoms with E-state index in [1.54, 1.807) is 26.2 Å². The number of carbonyl (C=O) groups excluding carboxylic acids is 3. The SMILES string of the molecule is CN(C)C(=O)c1cnc(NC(=O)[C@H](C[C@H]2CCC(=O)C2)c2ccc(S(=O)(=O)C3CC3)c(C3CC3)c2)cn1. The Balaban J connectivity index is 1.43. The molecular formula is C27H32N4O5S. The molecule has 1 aromatic heterocycles. The first-order valence-corrected chi connectivity index (χ1v) is 14.4. The standard InChI is InChI=1S/C27H32N4O5S/c1-31(2)27(34)23-14-29-25(15-28-23)30-26(33)22(12-16-3-7-19(32)11-16)18-6-10-24(21(13-18)17-4-5-17)37(35,36)20-8-9-20/h6,10,13-17,20,22H,3-5,7-9,11-12H2,1-2H3,(H,29,30,33)/t16-,22+/m0/s1.